The predicted octanol–water partition coefficient (Wildman–Crippen LogP) is 6.09. The maximum atomic E-state index is 13.2. The van der Waals surface area contributed by atoms with Crippen molar-refractivity contribution in [1.82, 2.24) is 0 Å². The quantitative estimate of drug-likeness (QED) is 0.388. The van der Waals surface area contributed by atoms with Gasteiger partial charge in [0, 0.05) is 16.1 Å². The molecule has 0 radical (unpaired) electrons. The molecule has 9 heteroatoms. The molecular formula is C26H20Cl2N2O5. The number of para-hydroxylation sites is 1. The molecule has 7 nitrogen and oxygen atoms in total. The monoisotopic (exact) mass is 510 g/mol. The second kappa shape index (κ2) is 10.2. The topological polar surface area (TPSA) is 88.4 Å². The lowest BCUT2D eigenvalue weighted by molar-refractivity contribution is -0.114. The average Bonchev–Trinajstić information content (AvgIpc) is 3.12. The predicted molar refractivity (Wildman–Crippen MR) is 136 cm³/mol. The van der Waals surface area contributed by atoms with Gasteiger partial charge in [0.2, 0.25) is 0 Å². The molecule has 4 rings (SSSR count). The van der Waals surface area contributed by atoms with Gasteiger partial charge >= 0.3 is 5.97 Å². The molecule has 0 spiro atoms. The molecule has 3 aromatic carbocycles. The number of anilines is 1. The Balaban J connectivity index is 1.68. The van der Waals surface area contributed by atoms with E-state index < -0.39 is 11.9 Å². The number of hydrogen-bond acceptors (Lipinski definition) is 5. The molecule has 0 saturated carbocycles. The maximum Gasteiger partial charge on any atom is 0.337 e. The molecular weight excluding hydrogens is 491 g/mol. The number of ether oxygens (including phenoxy) is 2. The van der Waals surface area contributed by atoms with Gasteiger partial charge < -0.3 is 14.6 Å². The SMILES string of the molecule is COc1cccc(/C=C2\C(=O)N(c3ccc(Cl)c(C(=O)O)c3)N=C2C)c1OCc1ccccc1Cl. The summed E-state index contributed by atoms with van der Waals surface area (Å²) in [6.07, 6.45) is 1.67. The van der Waals surface area contributed by atoms with Crippen LogP contribution in [0.4, 0.5) is 5.69 Å². The fraction of sp³-hybridized carbons (Fsp3) is 0.115. The molecule has 1 N–H and O–H groups in total. The molecule has 178 valence electrons. The number of aromatic carboxylic acids is 1. The van der Waals surface area contributed by atoms with Crippen LogP contribution in [0, 0.1) is 0 Å². The first-order valence-corrected chi connectivity index (χ1v) is 11.2. The zero-order valence-electron chi connectivity index (χ0n) is 18.8. The first kappa shape index (κ1) is 24.3. The van der Waals surface area contributed by atoms with Crippen molar-refractivity contribution in [3.63, 3.8) is 0 Å². The lowest BCUT2D eigenvalue weighted by Crippen LogP contribution is -2.21. The van der Waals surface area contributed by atoms with Gasteiger partial charge in [-0.15, -0.1) is 0 Å². The van der Waals surface area contributed by atoms with Gasteiger partial charge in [0.15, 0.2) is 11.5 Å². The Hall–Kier alpha value is -3.81. The Morgan fingerprint density at radius 3 is 2.57 bits per heavy atom. The van der Waals surface area contributed by atoms with Gasteiger partial charge in [-0.3, -0.25) is 4.79 Å². The van der Waals surface area contributed by atoms with Crippen molar-refractivity contribution >= 4 is 52.6 Å². The number of hydrogen-bond donors (Lipinski definition) is 1. The minimum Gasteiger partial charge on any atom is -0.493 e. The van der Waals surface area contributed by atoms with Crippen molar-refractivity contribution in [2.45, 2.75) is 13.5 Å². The van der Waals surface area contributed by atoms with Crippen LogP contribution in [0.15, 0.2) is 71.3 Å². The summed E-state index contributed by atoms with van der Waals surface area (Å²) >= 11 is 12.2. The van der Waals surface area contributed by atoms with Gasteiger partial charge in [-0.2, -0.15) is 10.1 Å². The molecule has 3 aromatic rings. The Morgan fingerprint density at radius 1 is 1.09 bits per heavy atom. The van der Waals surface area contributed by atoms with E-state index in [0.717, 1.165) is 10.6 Å². The van der Waals surface area contributed by atoms with E-state index in [1.165, 1.54) is 25.3 Å². The van der Waals surface area contributed by atoms with Crippen molar-refractivity contribution in [3.8, 4) is 11.5 Å². The molecule has 1 amide bonds. The van der Waals surface area contributed by atoms with Crippen molar-refractivity contribution in [1.29, 1.82) is 0 Å². The van der Waals surface area contributed by atoms with E-state index >= 15 is 0 Å². The van der Waals surface area contributed by atoms with E-state index in [4.69, 9.17) is 32.7 Å². The van der Waals surface area contributed by atoms with Crippen LogP contribution in [0.25, 0.3) is 6.08 Å². The summed E-state index contributed by atoms with van der Waals surface area (Å²) in [4.78, 5) is 24.7. The van der Waals surface area contributed by atoms with Crippen molar-refractivity contribution in [3.05, 3.63) is 93.0 Å². The lowest BCUT2D eigenvalue weighted by Gasteiger charge is -2.15. The number of halogens is 2. The highest BCUT2D eigenvalue weighted by molar-refractivity contribution is 6.34. The van der Waals surface area contributed by atoms with Crippen LogP contribution < -0.4 is 14.5 Å². The minimum atomic E-state index is -1.20. The third-order valence-electron chi connectivity index (χ3n) is 5.35. The van der Waals surface area contributed by atoms with E-state index in [-0.39, 0.29) is 17.2 Å². The summed E-state index contributed by atoms with van der Waals surface area (Å²) < 4.78 is 11.6. The summed E-state index contributed by atoms with van der Waals surface area (Å²) in [5.74, 6) is -0.675. The number of nitrogens with zero attached hydrogens (tertiary/aromatic N) is 2. The minimum absolute atomic E-state index is 0.0704. The largest absolute Gasteiger partial charge is 0.493 e. The highest BCUT2D eigenvalue weighted by Gasteiger charge is 2.30. The van der Waals surface area contributed by atoms with Gasteiger partial charge in [-0.1, -0.05) is 53.5 Å². The van der Waals surface area contributed by atoms with E-state index in [1.54, 1.807) is 37.3 Å². The number of carboxylic acids is 1. The van der Waals surface area contributed by atoms with Crippen LogP contribution in [0.1, 0.15) is 28.4 Å². The molecule has 0 fully saturated rings. The average molecular weight is 511 g/mol. The normalized spacial score (nSPS) is 14.3. The summed E-state index contributed by atoms with van der Waals surface area (Å²) in [6.45, 7) is 1.90. The third-order valence-corrected chi connectivity index (χ3v) is 6.04. The molecule has 1 aliphatic rings. The summed E-state index contributed by atoms with van der Waals surface area (Å²) in [7, 11) is 1.53. The number of hydrazone groups is 1. The number of rotatable bonds is 7. The van der Waals surface area contributed by atoms with Gasteiger partial charge in [-0.05, 0) is 43.3 Å². The van der Waals surface area contributed by atoms with Gasteiger partial charge in [0.25, 0.3) is 5.91 Å². The highest BCUT2D eigenvalue weighted by atomic mass is 35.5. The highest BCUT2D eigenvalue weighted by Crippen LogP contribution is 2.35. The first-order chi connectivity index (χ1) is 16.8. The third kappa shape index (κ3) is 5.01. The fourth-order valence-corrected chi connectivity index (χ4v) is 3.94. The molecule has 0 unspecified atom stereocenters. The van der Waals surface area contributed by atoms with Crippen molar-refractivity contribution in [2.75, 3.05) is 12.1 Å². The number of carbonyl (C=O) groups is 2. The zero-order valence-corrected chi connectivity index (χ0v) is 20.3. The van der Waals surface area contributed by atoms with Crippen molar-refractivity contribution in [2.24, 2.45) is 5.10 Å². The molecule has 1 aliphatic heterocycles. The molecule has 0 saturated heterocycles. The molecule has 0 aliphatic carbocycles. The molecule has 0 aromatic heterocycles. The van der Waals surface area contributed by atoms with Gasteiger partial charge in [0.05, 0.1) is 34.7 Å². The second-order valence-electron chi connectivity index (χ2n) is 7.59. The molecule has 35 heavy (non-hydrogen) atoms. The van der Waals surface area contributed by atoms with Crippen LogP contribution in [-0.4, -0.2) is 29.8 Å². The fourth-order valence-electron chi connectivity index (χ4n) is 3.55. The maximum absolute atomic E-state index is 13.2. The molecule has 0 bridgehead atoms. The van der Waals surface area contributed by atoms with Crippen LogP contribution in [0.5, 0.6) is 11.5 Å². The second-order valence-corrected chi connectivity index (χ2v) is 8.40. The number of methoxy groups -OCH3 is 1. The smallest absolute Gasteiger partial charge is 0.337 e. The van der Waals surface area contributed by atoms with Crippen LogP contribution in [0.3, 0.4) is 0 Å². The Labute approximate surface area is 211 Å². The number of benzene rings is 3. The summed E-state index contributed by atoms with van der Waals surface area (Å²) in [5, 5.41) is 15.5. The van der Waals surface area contributed by atoms with E-state index in [1.807, 2.05) is 18.2 Å². The van der Waals surface area contributed by atoms with Crippen LogP contribution in [-0.2, 0) is 11.4 Å². The van der Waals surface area contributed by atoms with Crippen LogP contribution in [0.2, 0.25) is 10.0 Å². The van der Waals surface area contributed by atoms with Gasteiger partial charge in [-0.25, -0.2) is 4.79 Å². The Morgan fingerprint density at radius 2 is 1.86 bits per heavy atom. The number of amides is 1. The van der Waals surface area contributed by atoms with E-state index in [9.17, 15) is 14.7 Å². The molecule has 0 atom stereocenters. The summed E-state index contributed by atoms with van der Waals surface area (Å²) in [5.41, 5.74) is 2.37. The standard InChI is InChI=1S/C26H20Cl2N2O5/c1-15-19(25(31)30(29-15)18-10-11-22(28)20(13-18)26(32)33)12-16-7-5-9-23(34-2)24(16)35-14-17-6-3-4-8-21(17)27/h3-13H,14H2,1-2H3,(H,32,33)/b19-12-. The Bertz CT molecular complexity index is 1380. The number of carboxylic acid groups (broad SMARTS) is 1. The first-order valence-electron chi connectivity index (χ1n) is 10.5. The van der Waals surface area contributed by atoms with Gasteiger partial charge in [0.1, 0.15) is 6.61 Å². The molecule has 1 heterocycles. The zero-order chi connectivity index (χ0) is 25.1. The van der Waals surface area contributed by atoms with E-state index in [0.29, 0.717) is 39.1 Å². The Kier molecular flexibility index (Phi) is 7.10. The summed E-state index contributed by atoms with van der Waals surface area (Å²) in [6, 6.07) is 17.0. The number of carbonyl (C=O) groups excluding carboxylic acids is 1. The van der Waals surface area contributed by atoms with E-state index in [2.05, 4.69) is 5.10 Å². The van der Waals surface area contributed by atoms with Crippen molar-refractivity contribution < 1.29 is 24.2 Å². The van der Waals surface area contributed by atoms with Crippen LogP contribution >= 0.6 is 23.2 Å². The lowest BCUT2D eigenvalue weighted by atomic mass is 10.1.